The first-order valence-electron chi connectivity index (χ1n) is 9.20. The van der Waals surface area contributed by atoms with Crippen molar-refractivity contribution in [1.82, 2.24) is 0 Å². The molecule has 146 valence electrons. The van der Waals surface area contributed by atoms with E-state index in [1.807, 2.05) is 66.7 Å². The number of hydrogen-bond acceptors (Lipinski definition) is 5. The van der Waals surface area contributed by atoms with E-state index in [0.29, 0.717) is 5.75 Å². The highest BCUT2D eigenvalue weighted by Crippen LogP contribution is 2.47. The summed E-state index contributed by atoms with van der Waals surface area (Å²) in [6.45, 7) is 1.23. The Bertz CT molecular complexity index is 992. The van der Waals surface area contributed by atoms with E-state index in [9.17, 15) is 9.59 Å². The molecule has 1 amide bonds. The molecule has 1 aliphatic heterocycles. The van der Waals surface area contributed by atoms with Crippen molar-refractivity contribution in [2.45, 2.75) is 22.8 Å². The third kappa shape index (κ3) is 4.12. The number of carbonyl (C=O) groups is 2. The summed E-state index contributed by atoms with van der Waals surface area (Å²) in [5, 5.41) is 0. The fourth-order valence-corrected chi connectivity index (χ4v) is 4.10. The molecule has 4 rings (SSSR count). The first-order valence-corrected chi connectivity index (χ1v) is 10.0. The lowest BCUT2D eigenvalue weighted by molar-refractivity contribution is -0.154. The summed E-state index contributed by atoms with van der Waals surface area (Å²) in [6.07, 6.45) is -0.818. The van der Waals surface area contributed by atoms with Crippen LogP contribution in [-0.2, 0) is 14.3 Å². The summed E-state index contributed by atoms with van der Waals surface area (Å²) in [7, 11) is 0. The minimum Gasteiger partial charge on any atom is -0.479 e. The molecule has 0 aliphatic carbocycles. The van der Waals surface area contributed by atoms with Crippen LogP contribution in [0.2, 0.25) is 0 Å². The van der Waals surface area contributed by atoms with Crippen LogP contribution in [0.15, 0.2) is 88.7 Å². The Labute approximate surface area is 173 Å². The fourth-order valence-electron chi connectivity index (χ4n) is 3.04. The number of fused-ring (bicyclic) bond motifs is 2. The Kier molecular flexibility index (Phi) is 5.53. The van der Waals surface area contributed by atoms with E-state index in [4.69, 9.17) is 9.47 Å². The number of ether oxygens (including phenoxy) is 2. The molecule has 5 nitrogen and oxygen atoms in total. The molecule has 0 spiro atoms. The van der Waals surface area contributed by atoms with Gasteiger partial charge in [0.15, 0.2) is 12.7 Å². The average molecular weight is 405 g/mol. The van der Waals surface area contributed by atoms with Crippen LogP contribution in [0, 0.1) is 0 Å². The van der Waals surface area contributed by atoms with E-state index in [1.54, 1.807) is 35.7 Å². The zero-order valence-corrected chi connectivity index (χ0v) is 16.6. The van der Waals surface area contributed by atoms with Crippen LogP contribution in [0.3, 0.4) is 0 Å². The first kappa shape index (κ1) is 19.1. The first-order chi connectivity index (χ1) is 14.1. The predicted octanol–water partition coefficient (Wildman–Crippen LogP) is 4.83. The van der Waals surface area contributed by atoms with Crippen LogP contribution in [0.5, 0.6) is 5.75 Å². The standard InChI is InChI=1S/C23H19NO4S/c1-16(28-17-9-3-2-4-10-17)23(26)27-15-22(25)24-18-11-5-7-13-20(18)29-21-14-8-6-12-19(21)24/h2-14,16H,15H2,1H3. The molecule has 3 aromatic carbocycles. The Hall–Kier alpha value is -3.25. The van der Waals surface area contributed by atoms with Gasteiger partial charge in [-0.1, -0.05) is 54.2 Å². The molecule has 1 aliphatic rings. The molecule has 0 saturated heterocycles. The minimum absolute atomic E-state index is 0.314. The van der Waals surface area contributed by atoms with Crippen molar-refractivity contribution in [2.75, 3.05) is 11.5 Å². The summed E-state index contributed by atoms with van der Waals surface area (Å²) in [5.74, 6) is -0.334. The monoisotopic (exact) mass is 405 g/mol. The number of anilines is 2. The van der Waals surface area contributed by atoms with Crippen LogP contribution < -0.4 is 9.64 Å². The van der Waals surface area contributed by atoms with Crippen LogP contribution in [-0.4, -0.2) is 24.6 Å². The van der Waals surface area contributed by atoms with Gasteiger partial charge in [0.1, 0.15) is 5.75 Å². The Morgan fingerprint density at radius 1 is 0.862 bits per heavy atom. The normalized spacial score (nSPS) is 13.1. The lowest BCUT2D eigenvalue weighted by atomic mass is 10.2. The zero-order chi connectivity index (χ0) is 20.2. The minimum atomic E-state index is -0.818. The number of rotatable bonds is 5. The molecule has 6 heteroatoms. The second-order valence-electron chi connectivity index (χ2n) is 6.45. The molecule has 0 N–H and O–H groups in total. The summed E-state index contributed by atoms with van der Waals surface area (Å²) >= 11 is 1.61. The van der Waals surface area contributed by atoms with Crippen molar-refractivity contribution in [2.24, 2.45) is 0 Å². The van der Waals surface area contributed by atoms with Crippen LogP contribution in [0.25, 0.3) is 0 Å². The topological polar surface area (TPSA) is 55.8 Å². The van der Waals surface area contributed by atoms with E-state index >= 15 is 0 Å². The average Bonchev–Trinajstić information content (AvgIpc) is 2.76. The van der Waals surface area contributed by atoms with Gasteiger partial charge in [0.05, 0.1) is 11.4 Å². The molecule has 3 aromatic rings. The molecular weight excluding hydrogens is 386 g/mol. The van der Waals surface area contributed by atoms with Gasteiger partial charge in [0.25, 0.3) is 5.91 Å². The van der Waals surface area contributed by atoms with Crippen LogP contribution >= 0.6 is 11.8 Å². The maximum Gasteiger partial charge on any atom is 0.347 e. The van der Waals surface area contributed by atoms with Crippen molar-refractivity contribution >= 4 is 35.0 Å². The quantitative estimate of drug-likeness (QED) is 0.569. The molecule has 0 bridgehead atoms. The molecule has 1 heterocycles. The molecule has 0 saturated carbocycles. The highest BCUT2D eigenvalue weighted by Gasteiger charge is 2.29. The van der Waals surface area contributed by atoms with Gasteiger partial charge < -0.3 is 9.47 Å². The van der Waals surface area contributed by atoms with Gasteiger partial charge in [0, 0.05) is 9.79 Å². The fraction of sp³-hybridized carbons (Fsp3) is 0.130. The molecule has 1 unspecified atom stereocenters. The van der Waals surface area contributed by atoms with Crippen molar-refractivity contribution in [3.63, 3.8) is 0 Å². The predicted molar refractivity (Wildman–Crippen MR) is 112 cm³/mol. The van der Waals surface area contributed by atoms with Crippen molar-refractivity contribution in [3.8, 4) is 5.75 Å². The van der Waals surface area contributed by atoms with Crippen molar-refractivity contribution in [1.29, 1.82) is 0 Å². The highest BCUT2D eigenvalue weighted by atomic mass is 32.2. The molecule has 0 radical (unpaired) electrons. The third-order valence-corrected chi connectivity index (χ3v) is 5.54. The number of benzene rings is 3. The van der Waals surface area contributed by atoms with Crippen LogP contribution in [0.1, 0.15) is 6.92 Å². The van der Waals surface area contributed by atoms with E-state index in [2.05, 4.69) is 0 Å². The Morgan fingerprint density at radius 3 is 2.03 bits per heavy atom. The second kappa shape index (κ2) is 8.41. The van der Waals surface area contributed by atoms with Gasteiger partial charge in [-0.05, 0) is 43.3 Å². The number of esters is 1. The van der Waals surface area contributed by atoms with Crippen LogP contribution in [0.4, 0.5) is 11.4 Å². The largest absolute Gasteiger partial charge is 0.479 e. The Balaban J connectivity index is 1.47. The Morgan fingerprint density at radius 2 is 1.41 bits per heavy atom. The third-order valence-electron chi connectivity index (χ3n) is 4.41. The summed E-state index contributed by atoms with van der Waals surface area (Å²) < 4.78 is 10.8. The summed E-state index contributed by atoms with van der Waals surface area (Å²) in [5.41, 5.74) is 1.57. The van der Waals surface area contributed by atoms with E-state index < -0.39 is 12.1 Å². The number of para-hydroxylation sites is 3. The molecule has 1 atom stereocenters. The van der Waals surface area contributed by atoms with Crippen molar-refractivity contribution in [3.05, 3.63) is 78.9 Å². The second-order valence-corrected chi connectivity index (χ2v) is 7.53. The van der Waals surface area contributed by atoms with E-state index in [0.717, 1.165) is 21.2 Å². The van der Waals surface area contributed by atoms with Gasteiger partial charge in [-0.2, -0.15) is 0 Å². The summed E-state index contributed by atoms with van der Waals surface area (Å²) in [4.78, 5) is 28.9. The highest BCUT2D eigenvalue weighted by molar-refractivity contribution is 7.99. The smallest absolute Gasteiger partial charge is 0.347 e. The zero-order valence-electron chi connectivity index (χ0n) is 15.8. The molecule has 0 fully saturated rings. The summed E-state index contributed by atoms with van der Waals surface area (Å²) in [6, 6.07) is 24.4. The van der Waals surface area contributed by atoms with Gasteiger partial charge in [0.2, 0.25) is 0 Å². The molecule has 29 heavy (non-hydrogen) atoms. The number of carbonyl (C=O) groups excluding carboxylic acids is 2. The number of nitrogens with zero attached hydrogens (tertiary/aromatic N) is 1. The number of amides is 1. The van der Waals surface area contributed by atoms with E-state index in [-0.39, 0.29) is 12.5 Å². The lowest BCUT2D eigenvalue weighted by Crippen LogP contribution is -2.35. The SMILES string of the molecule is CC(Oc1ccccc1)C(=O)OCC(=O)N1c2ccccc2Sc2ccccc21. The van der Waals surface area contributed by atoms with Gasteiger partial charge in [-0.15, -0.1) is 0 Å². The van der Waals surface area contributed by atoms with Gasteiger partial charge >= 0.3 is 5.97 Å². The van der Waals surface area contributed by atoms with Crippen molar-refractivity contribution < 1.29 is 19.1 Å². The maximum atomic E-state index is 13.0. The molecular formula is C23H19NO4S. The van der Waals surface area contributed by atoms with E-state index in [1.165, 1.54) is 0 Å². The van der Waals surface area contributed by atoms with Gasteiger partial charge in [-0.25, -0.2) is 4.79 Å². The number of hydrogen-bond donors (Lipinski definition) is 0. The molecule has 0 aromatic heterocycles. The maximum absolute atomic E-state index is 13.0. The van der Waals surface area contributed by atoms with Gasteiger partial charge in [-0.3, -0.25) is 9.69 Å². The lowest BCUT2D eigenvalue weighted by Gasteiger charge is -2.30.